The van der Waals surface area contributed by atoms with Crippen LogP contribution in [0.1, 0.15) is 16.7 Å². The Hall–Kier alpha value is -3.44. The Morgan fingerprint density at radius 1 is 1.00 bits per heavy atom. The lowest BCUT2D eigenvalue weighted by Gasteiger charge is -2.29. The molecule has 3 heterocycles. The Morgan fingerprint density at radius 2 is 1.87 bits per heavy atom. The first-order chi connectivity index (χ1) is 14.7. The second kappa shape index (κ2) is 8.13. The van der Waals surface area contributed by atoms with Crippen molar-refractivity contribution in [3.63, 3.8) is 0 Å². The summed E-state index contributed by atoms with van der Waals surface area (Å²) in [6.07, 6.45) is 5.81. The summed E-state index contributed by atoms with van der Waals surface area (Å²) in [6, 6.07) is 20.6. The van der Waals surface area contributed by atoms with Crippen molar-refractivity contribution in [3.05, 3.63) is 89.7 Å². The van der Waals surface area contributed by atoms with Crippen molar-refractivity contribution in [1.29, 1.82) is 0 Å². The Balaban J connectivity index is 1.29. The highest BCUT2D eigenvalue weighted by Crippen LogP contribution is 2.27. The highest BCUT2D eigenvalue weighted by molar-refractivity contribution is 5.82. The standard InChI is InChI=1S/C25H25N5/c26-21-7-5-18(6-8-21)10-13-30-14-11-23-20(17-30)9-12-27-25(23)29-22-15-19-3-1-2-4-24(19)28-16-22/h1-9,12,15-16H,10-11,13-14,17,26H2,(H,27,29). The van der Waals surface area contributed by atoms with Crippen LogP contribution in [-0.4, -0.2) is 28.0 Å². The maximum Gasteiger partial charge on any atom is 0.133 e. The molecule has 0 saturated carbocycles. The third-order valence-electron chi connectivity index (χ3n) is 5.77. The number of hydrogen-bond acceptors (Lipinski definition) is 5. The van der Waals surface area contributed by atoms with Gasteiger partial charge in [-0.3, -0.25) is 9.88 Å². The van der Waals surface area contributed by atoms with Gasteiger partial charge < -0.3 is 11.1 Å². The molecule has 0 amide bonds. The summed E-state index contributed by atoms with van der Waals surface area (Å²) in [5.74, 6) is 0.947. The van der Waals surface area contributed by atoms with Crippen molar-refractivity contribution >= 4 is 28.1 Å². The van der Waals surface area contributed by atoms with Crippen LogP contribution in [-0.2, 0) is 19.4 Å². The molecule has 0 radical (unpaired) electrons. The molecular weight excluding hydrogens is 370 g/mol. The van der Waals surface area contributed by atoms with E-state index in [9.17, 15) is 0 Å². The van der Waals surface area contributed by atoms with Crippen molar-refractivity contribution in [1.82, 2.24) is 14.9 Å². The van der Waals surface area contributed by atoms with Crippen LogP contribution in [0.3, 0.4) is 0 Å². The zero-order chi connectivity index (χ0) is 20.3. The minimum absolute atomic E-state index is 0.819. The minimum Gasteiger partial charge on any atom is -0.399 e. The molecule has 0 saturated heterocycles. The fourth-order valence-electron chi connectivity index (χ4n) is 4.10. The summed E-state index contributed by atoms with van der Waals surface area (Å²) < 4.78 is 0. The van der Waals surface area contributed by atoms with Gasteiger partial charge in [0.05, 0.1) is 17.4 Å². The normalized spacial score (nSPS) is 13.9. The van der Waals surface area contributed by atoms with Crippen molar-refractivity contribution in [3.8, 4) is 0 Å². The SMILES string of the molecule is Nc1ccc(CCN2CCc3c(ccnc3Nc3cnc4ccccc4c3)C2)cc1. The summed E-state index contributed by atoms with van der Waals surface area (Å²) in [5.41, 5.74) is 12.6. The molecule has 2 aromatic heterocycles. The average molecular weight is 396 g/mol. The van der Waals surface area contributed by atoms with Gasteiger partial charge in [0.1, 0.15) is 5.82 Å². The molecule has 0 spiro atoms. The maximum atomic E-state index is 5.79. The van der Waals surface area contributed by atoms with Crippen molar-refractivity contribution in [2.45, 2.75) is 19.4 Å². The molecule has 0 fully saturated rings. The molecule has 2 aromatic carbocycles. The number of hydrogen-bond donors (Lipinski definition) is 2. The number of pyridine rings is 2. The average Bonchev–Trinajstić information content (AvgIpc) is 2.79. The van der Waals surface area contributed by atoms with E-state index in [2.05, 4.69) is 50.5 Å². The highest BCUT2D eigenvalue weighted by atomic mass is 15.1. The van der Waals surface area contributed by atoms with Gasteiger partial charge >= 0.3 is 0 Å². The number of rotatable bonds is 5. The van der Waals surface area contributed by atoms with Gasteiger partial charge in [-0.05, 0) is 54.3 Å². The van der Waals surface area contributed by atoms with E-state index in [1.54, 1.807) is 0 Å². The third-order valence-corrected chi connectivity index (χ3v) is 5.77. The fraction of sp³-hybridized carbons (Fsp3) is 0.200. The fourth-order valence-corrected chi connectivity index (χ4v) is 4.10. The molecule has 0 unspecified atom stereocenters. The van der Waals surface area contributed by atoms with E-state index in [4.69, 9.17) is 5.73 Å². The van der Waals surface area contributed by atoms with E-state index < -0.39 is 0 Å². The van der Waals surface area contributed by atoms with Gasteiger partial charge in [0.25, 0.3) is 0 Å². The molecule has 4 aromatic rings. The van der Waals surface area contributed by atoms with Gasteiger partial charge in [-0.2, -0.15) is 0 Å². The number of nitrogens with one attached hydrogen (secondary N) is 1. The van der Waals surface area contributed by atoms with Crippen LogP contribution < -0.4 is 11.1 Å². The zero-order valence-corrected chi connectivity index (χ0v) is 16.9. The quantitative estimate of drug-likeness (QED) is 0.485. The van der Waals surface area contributed by atoms with E-state index in [0.717, 1.165) is 60.6 Å². The van der Waals surface area contributed by atoms with Crippen LogP contribution >= 0.6 is 0 Å². The maximum absolute atomic E-state index is 5.79. The minimum atomic E-state index is 0.819. The first-order valence-corrected chi connectivity index (χ1v) is 10.4. The number of benzene rings is 2. The second-order valence-corrected chi connectivity index (χ2v) is 7.86. The zero-order valence-electron chi connectivity index (χ0n) is 16.9. The number of nitrogens with zero attached hydrogens (tertiary/aromatic N) is 3. The molecule has 5 nitrogen and oxygen atoms in total. The molecule has 0 bridgehead atoms. The number of fused-ring (bicyclic) bond motifs is 2. The summed E-state index contributed by atoms with van der Waals surface area (Å²) in [5, 5.41) is 4.62. The Morgan fingerprint density at radius 3 is 2.77 bits per heavy atom. The largest absolute Gasteiger partial charge is 0.399 e. The molecule has 1 aliphatic heterocycles. The molecule has 3 N–H and O–H groups in total. The summed E-state index contributed by atoms with van der Waals surface area (Å²) in [7, 11) is 0. The van der Waals surface area contributed by atoms with Crippen LogP contribution in [0.5, 0.6) is 0 Å². The van der Waals surface area contributed by atoms with Crippen LogP contribution in [0, 0.1) is 0 Å². The number of nitrogens with two attached hydrogens (primary N) is 1. The topological polar surface area (TPSA) is 67.1 Å². The molecular formula is C25H25N5. The summed E-state index contributed by atoms with van der Waals surface area (Å²) >= 11 is 0. The Kier molecular flexibility index (Phi) is 5.03. The van der Waals surface area contributed by atoms with Crippen LogP contribution in [0.4, 0.5) is 17.2 Å². The smallest absolute Gasteiger partial charge is 0.133 e. The Bertz CT molecular complexity index is 1170. The number of aromatic nitrogens is 2. The molecule has 0 aliphatic carbocycles. The van der Waals surface area contributed by atoms with Crippen molar-refractivity contribution < 1.29 is 0 Å². The van der Waals surface area contributed by atoms with Gasteiger partial charge in [-0.25, -0.2) is 4.98 Å². The van der Waals surface area contributed by atoms with Gasteiger partial charge in [0.2, 0.25) is 0 Å². The predicted octanol–water partition coefficient (Wildman–Crippen LogP) is 4.56. The van der Waals surface area contributed by atoms with Gasteiger partial charge in [0.15, 0.2) is 0 Å². The van der Waals surface area contributed by atoms with E-state index in [-0.39, 0.29) is 0 Å². The molecule has 5 heteroatoms. The monoisotopic (exact) mass is 395 g/mol. The van der Waals surface area contributed by atoms with E-state index in [1.807, 2.05) is 42.7 Å². The second-order valence-electron chi connectivity index (χ2n) is 7.86. The van der Waals surface area contributed by atoms with Crippen LogP contribution in [0.2, 0.25) is 0 Å². The van der Waals surface area contributed by atoms with Crippen LogP contribution in [0.25, 0.3) is 10.9 Å². The first-order valence-electron chi connectivity index (χ1n) is 10.4. The van der Waals surface area contributed by atoms with E-state index in [1.165, 1.54) is 16.7 Å². The lowest BCUT2D eigenvalue weighted by molar-refractivity contribution is 0.257. The Labute approximate surface area is 176 Å². The molecule has 30 heavy (non-hydrogen) atoms. The van der Waals surface area contributed by atoms with Gasteiger partial charge in [0, 0.05) is 42.5 Å². The number of nitrogen functional groups attached to an aromatic ring is 1. The van der Waals surface area contributed by atoms with Crippen LogP contribution in [0.15, 0.2) is 73.1 Å². The summed E-state index contributed by atoms with van der Waals surface area (Å²) in [6.45, 7) is 3.04. The molecule has 150 valence electrons. The molecule has 5 rings (SSSR count). The van der Waals surface area contributed by atoms with Crippen molar-refractivity contribution in [2.24, 2.45) is 0 Å². The van der Waals surface area contributed by atoms with Gasteiger partial charge in [-0.1, -0.05) is 30.3 Å². The third kappa shape index (κ3) is 3.98. The van der Waals surface area contributed by atoms with E-state index >= 15 is 0 Å². The number of anilines is 3. The lowest BCUT2D eigenvalue weighted by atomic mass is 10.00. The molecule has 0 atom stereocenters. The van der Waals surface area contributed by atoms with Gasteiger partial charge in [-0.15, -0.1) is 0 Å². The lowest BCUT2D eigenvalue weighted by Crippen LogP contribution is -2.32. The molecule has 1 aliphatic rings. The number of para-hydroxylation sites is 1. The first kappa shape index (κ1) is 18.6. The summed E-state index contributed by atoms with van der Waals surface area (Å²) in [4.78, 5) is 11.7. The predicted molar refractivity (Wildman–Crippen MR) is 123 cm³/mol. The van der Waals surface area contributed by atoms with E-state index in [0.29, 0.717) is 0 Å². The highest BCUT2D eigenvalue weighted by Gasteiger charge is 2.19. The van der Waals surface area contributed by atoms with Crippen molar-refractivity contribution in [2.75, 3.05) is 24.1 Å².